The first-order valence-electron chi connectivity index (χ1n) is 5.39. The number of esters is 1. The summed E-state index contributed by atoms with van der Waals surface area (Å²) in [5, 5.41) is 0. The topological polar surface area (TPSA) is 29.5 Å². The van der Waals surface area contributed by atoms with Gasteiger partial charge >= 0.3 is 5.97 Å². The van der Waals surface area contributed by atoms with Crippen LogP contribution in [-0.4, -0.2) is 47.6 Å². The van der Waals surface area contributed by atoms with Gasteiger partial charge < -0.3 is 4.74 Å². The zero-order valence-corrected chi connectivity index (χ0v) is 10.9. The molecule has 1 fully saturated rings. The van der Waals surface area contributed by atoms with E-state index in [9.17, 15) is 4.79 Å². The van der Waals surface area contributed by atoms with E-state index in [0.29, 0.717) is 11.2 Å². The Kier molecular flexibility index (Phi) is 4.46. The number of hydrogen-bond donors (Lipinski definition) is 0. The predicted octanol–water partition coefficient (Wildman–Crippen LogP) is 1.77. The molecule has 1 heterocycles. The van der Waals surface area contributed by atoms with E-state index in [0.717, 1.165) is 18.8 Å². The minimum atomic E-state index is -0.112. The lowest BCUT2D eigenvalue weighted by molar-refractivity contribution is -0.141. The standard InChI is InChI=1S/C11H21NO2S/c1-9(7-10(13)14-4)12-5-6-15-11(2,3)8-12/h9H,5-8H2,1-4H3. The van der Waals surface area contributed by atoms with Gasteiger partial charge in [0.25, 0.3) is 0 Å². The molecule has 1 aliphatic rings. The first kappa shape index (κ1) is 12.8. The normalized spacial score (nSPS) is 23.5. The third-order valence-electron chi connectivity index (χ3n) is 2.77. The van der Waals surface area contributed by atoms with Crippen molar-refractivity contribution in [3.63, 3.8) is 0 Å². The summed E-state index contributed by atoms with van der Waals surface area (Å²) in [6.07, 6.45) is 0.497. The molecule has 0 spiro atoms. The van der Waals surface area contributed by atoms with Crippen molar-refractivity contribution in [2.75, 3.05) is 26.0 Å². The van der Waals surface area contributed by atoms with Crippen LogP contribution >= 0.6 is 11.8 Å². The Morgan fingerprint density at radius 2 is 2.27 bits per heavy atom. The lowest BCUT2D eigenvalue weighted by atomic mass is 10.1. The summed E-state index contributed by atoms with van der Waals surface area (Å²) in [5.41, 5.74) is 0. The smallest absolute Gasteiger partial charge is 0.307 e. The molecule has 1 unspecified atom stereocenters. The average Bonchev–Trinajstić information content (AvgIpc) is 2.16. The molecule has 0 bridgehead atoms. The number of carbonyl (C=O) groups is 1. The summed E-state index contributed by atoms with van der Waals surface area (Å²) in [4.78, 5) is 13.6. The van der Waals surface area contributed by atoms with Gasteiger partial charge in [-0.2, -0.15) is 11.8 Å². The summed E-state index contributed by atoms with van der Waals surface area (Å²) in [5.74, 6) is 1.04. The summed E-state index contributed by atoms with van der Waals surface area (Å²) in [7, 11) is 1.45. The van der Waals surface area contributed by atoms with Gasteiger partial charge in [0.15, 0.2) is 0 Å². The van der Waals surface area contributed by atoms with Crippen LogP contribution in [0.3, 0.4) is 0 Å². The minimum absolute atomic E-state index is 0.112. The van der Waals surface area contributed by atoms with Gasteiger partial charge in [0, 0.05) is 29.6 Å². The largest absolute Gasteiger partial charge is 0.469 e. The highest BCUT2D eigenvalue weighted by Crippen LogP contribution is 2.30. The van der Waals surface area contributed by atoms with Crippen molar-refractivity contribution >= 4 is 17.7 Å². The van der Waals surface area contributed by atoms with Crippen molar-refractivity contribution in [2.45, 2.75) is 38.0 Å². The monoisotopic (exact) mass is 231 g/mol. The maximum absolute atomic E-state index is 11.2. The van der Waals surface area contributed by atoms with Gasteiger partial charge in [0.05, 0.1) is 13.5 Å². The molecule has 0 aromatic carbocycles. The van der Waals surface area contributed by atoms with Crippen LogP contribution in [0.2, 0.25) is 0 Å². The Morgan fingerprint density at radius 1 is 1.60 bits per heavy atom. The van der Waals surface area contributed by atoms with Crippen LogP contribution < -0.4 is 0 Å². The van der Waals surface area contributed by atoms with Crippen LogP contribution in [0.25, 0.3) is 0 Å². The van der Waals surface area contributed by atoms with Gasteiger partial charge in [-0.25, -0.2) is 0 Å². The van der Waals surface area contributed by atoms with E-state index >= 15 is 0 Å². The summed E-state index contributed by atoms with van der Waals surface area (Å²) >= 11 is 2.01. The molecule has 1 atom stereocenters. The van der Waals surface area contributed by atoms with Crippen molar-refractivity contribution in [3.8, 4) is 0 Å². The molecule has 1 saturated heterocycles. The molecule has 3 nitrogen and oxygen atoms in total. The Balaban J connectivity index is 2.45. The molecule has 0 aromatic heterocycles. The van der Waals surface area contributed by atoms with Gasteiger partial charge in [-0.1, -0.05) is 0 Å². The Bertz CT molecular complexity index is 231. The van der Waals surface area contributed by atoms with Gasteiger partial charge in [0.2, 0.25) is 0 Å². The van der Waals surface area contributed by atoms with Crippen LogP contribution in [0.1, 0.15) is 27.2 Å². The molecule has 0 aliphatic carbocycles. The highest BCUT2D eigenvalue weighted by molar-refractivity contribution is 8.00. The van der Waals surface area contributed by atoms with E-state index in [2.05, 4.69) is 25.7 Å². The molecule has 4 heteroatoms. The number of methoxy groups -OCH3 is 1. The summed E-state index contributed by atoms with van der Waals surface area (Å²) < 4.78 is 5.00. The Labute approximate surface area is 96.5 Å². The molecule has 15 heavy (non-hydrogen) atoms. The number of nitrogens with zero attached hydrogens (tertiary/aromatic N) is 1. The van der Waals surface area contributed by atoms with Crippen LogP contribution in [0.15, 0.2) is 0 Å². The van der Waals surface area contributed by atoms with Crippen LogP contribution in [-0.2, 0) is 9.53 Å². The first-order valence-corrected chi connectivity index (χ1v) is 6.38. The molecule has 1 aliphatic heterocycles. The minimum Gasteiger partial charge on any atom is -0.469 e. The second kappa shape index (κ2) is 5.21. The van der Waals surface area contributed by atoms with Crippen molar-refractivity contribution in [3.05, 3.63) is 0 Å². The van der Waals surface area contributed by atoms with E-state index in [1.807, 2.05) is 11.8 Å². The van der Waals surface area contributed by atoms with Crippen LogP contribution in [0.4, 0.5) is 0 Å². The molecule has 0 N–H and O–H groups in total. The van der Waals surface area contributed by atoms with Gasteiger partial charge in [-0.3, -0.25) is 9.69 Å². The third-order valence-corrected chi connectivity index (χ3v) is 4.07. The second-order valence-electron chi connectivity index (χ2n) is 4.71. The lowest BCUT2D eigenvalue weighted by Gasteiger charge is -2.40. The highest BCUT2D eigenvalue weighted by atomic mass is 32.2. The number of rotatable bonds is 3. The van der Waals surface area contributed by atoms with E-state index in [1.165, 1.54) is 7.11 Å². The average molecular weight is 231 g/mol. The molecule has 88 valence electrons. The second-order valence-corrected chi connectivity index (χ2v) is 6.51. The van der Waals surface area contributed by atoms with Gasteiger partial charge in [-0.15, -0.1) is 0 Å². The van der Waals surface area contributed by atoms with Crippen molar-refractivity contribution < 1.29 is 9.53 Å². The SMILES string of the molecule is COC(=O)CC(C)N1CCSC(C)(C)C1. The predicted molar refractivity (Wildman–Crippen MR) is 64.2 cm³/mol. The maximum Gasteiger partial charge on any atom is 0.307 e. The summed E-state index contributed by atoms with van der Waals surface area (Å²) in [6, 6.07) is 0.289. The maximum atomic E-state index is 11.2. The van der Waals surface area contributed by atoms with E-state index in [4.69, 9.17) is 4.74 Å². The molecular formula is C11H21NO2S. The van der Waals surface area contributed by atoms with Crippen molar-refractivity contribution in [1.82, 2.24) is 4.90 Å². The molecule has 0 amide bonds. The number of ether oxygens (including phenoxy) is 1. The number of hydrogen-bond acceptors (Lipinski definition) is 4. The zero-order chi connectivity index (χ0) is 11.5. The van der Waals surface area contributed by atoms with Gasteiger partial charge in [0.1, 0.15) is 0 Å². The quantitative estimate of drug-likeness (QED) is 0.692. The molecule has 1 rings (SSSR count). The van der Waals surface area contributed by atoms with Gasteiger partial charge in [-0.05, 0) is 20.8 Å². The van der Waals surface area contributed by atoms with E-state index in [1.54, 1.807) is 0 Å². The molecule has 0 saturated carbocycles. The fourth-order valence-electron chi connectivity index (χ4n) is 1.88. The summed E-state index contributed by atoms with van der Waals surface area (Å²) in [6.45, 7) is 8.74. The van der Waals surface area contributed by atoms with Crippen LogP contribution in [0, 0.1) is 0 Å². The lowest BCUT2D eigenvalue weighted by Crippen LogP contribution is -2.47. The van der Waals surface area contributed by atoms with Crippen molar-refractivity contribution in [1.29, 1.82) is 0 Å². The molecule has 0 aromatic rings. The van der Waals surface area contributed by atoms with Crippen LogP contribution in [0.5, 0.6) is 0 Å². The molecular weight excluding hydrogens is 210 g/mol. The fourth-order valence-corrected chi connectivity index (χ4v) is 3.02. The fraction of sp³-hybridized carbons (Fsp3) is 0.909. The number of carbonyl (C=O) groups excluding carboxylic acids is 1. The Hall–Kier alpha value is -0.220. The first-order chi connectivity index (χ1) is 6.94. The van der Waals surface area contributed by atoms with E-state index < -0.39 is 0 Å². The Morgan fingerprint density at radius 3 is 2.80 bits per heavy atom. The van der Waals surface area contributed by atoms with Crippen molar-refractivity contribution in [2.24, 2.45) is 0 Å². The van der Waals surface area contributed by atoms with E-state index in [-0.39, 0.29) is 12.0 Å². The molecule has 0 radical (unpaired) electrons. The zero-order valence-electron chi connectivity index (χ0n) is 10.1. The number of thioether (sulfide) groups is 1. The highest BCUT2D eigenvalue weighted by Gasteiger charge is 2.30. The third kappa shape index (κ3) is 4.03.